The lowest BCUT2D eigenvalue weighted by Gasteiger charge is -2.24. The van der Waals surface area contributed by atoms with Crippen LogP contribution in [-0.2, 0) is 0 Å². The Bertz CT molecular complexity index is 541. The van der Waals surface area contributed by atoms with Crippen molar-refractivity contribution in [3.63, 3.8) is 0 Å². The van der Waals surface area contributed by atoms with Crippen LogP contribution in [0.5, 0.6) is 0 Å². The molecule has 0 spiro atoms. The fourth-order valence-corrected chi connectivity index (χ4v) is 1.91. The fraction of sp³-hybridized carbons (Fsp3) is 0.429. The molecule has 1 rings (SSSR count). The summed E-state index contributed by atoms with van der Waals surface area (Å²) in [5.41, 5.74) is -0.370. The first-order valence-electron chi connectivity index (χ1n) is 6.17. The van der Waals surface area contributed by atoms with E-state index >= 15 is 0 Å². The molecule has 0 aliphatic carbocycles. The summed E-state index contributed by atoms with van der Waals surface area (Å²) >= 11 is 5.46. The molecule has 0 bridgehead atoms. The van der Waals surface area contributed by atoms with Gasteiger partial charge in [-0.05, 0) is 18.1 Å². The molecule has 1 aromatic rings. The second-order valence-electron chi connectivity index (χ2n) is 4.80. The highest BCUT2D eigenvalue weighted by molar-refractivity contribution is 6.30. The molecule has 1 aromatic carbocycles. The smallest absolute Gasteiger partial charge is 0.256 e. The molecule has 0 fully saturated rings. The van der Waals surface area contributed by atoms with Gasteiger partial charge >= 0.3 is 0 Å². The summed E-state index contributed by atoms with van der Waals surface area (Å²) in [4.78, 5) is 13.6. The van der Waals surface area contributed by atoms with Crippen LogP contribution in [0.4, 0.5) is 8.78 Å². The van der Waals surface area contributed by atoms with E-state index in [0.29, 0.717) is 6.54 Å². The third-order valence-electron chi connectivity index (χ3n) is 2.61. The molecule has 3 nitrogen and oxygen atoms in total. The minimum Gasteiger partial charge on any atom is -0.337 e. The van der Waals surface area contributed by atoms with Gasteiger partial charge in [0.25, 0.3) is 5.91 Å². The maximum absolute atomic E-state index is 13.7. The number of hydrogen-bond donors (Lipinski definition) is 0. The van der Waals surface area contributed by atoms with Crippen LogP contribution in [-0.4, -0.2) is 23.9 Å². The molecule has 0 heterocycles. The number of nitriles is 1. The van der Waals surface area contributed by atoms with Gasteiger partial charge < -0.3 is 4.90 Å². The maximum atomic E-state index is 13.7. The Labute approximate surface area is 121 Å². The largest absolute Gasteiger partial charge is 0.337 e. The van der Waals surface area contributed by atoms with Gasteiger partial charge in [-0.2, -0.15) is 5.26 Å². The molecule has 20 heavy (non-hydrogen) atoms. The highest BCUT2D eigenvalue weighted by Crippen LogP contribution is 2.21. The standard InChI is InChI=1S/C14H15ClF2N2O/c1-9(2)8-19(5-3-4-18)14(20)10-6-13(17)11(15)7-12(10)16/h6-7,9H,3,5,8H2,1-2H3. The molecule has 0 radical (unpaired) electrons. The molecule has 1 amide bonds. The van der Waals surface area contributed by atoms with Crippen molar-refractivity contribution in [1.29, 1.82) is 5.26 Å². The fourth-order valence-electron chi connectivity index (χ4n) is 1.76. The van der Waals surface area contributed by atoms with Crippen molar-refractivity contribution in [2.45, 2.75) is 20.3 Å². The molecule has 0 saturated carbocycles. The lowest BCUT2D eigenvalue weighted by Crippen LogP contribution is -2.35. The van der Waals surface area contributed by atoms with Gasteiger partial charge in [-0.1, -0.05) is 25.4 Å². The number of nitrogens with zero attached hydrogens (tertiary/aromatic N) is 2. The lowest BCUT2D eigenvalue weighted by atomic mass is 10.1. The number of rotatable bonds is 5. The van der Waals surface area contributed by atoms with Gasteiger partial charge in [-0.3, -0.25) is 4.79 Å². The van der Waals surface area contributed by atoms with Gasteiger partial charge in [0.1, 0.15) is 11.6 Å². The third-order valence-corrected chi connectivity index (χ3v) is 2.90. The van der Waals surface area contributed by atoms with E-state index in [-0.39, 0.29) is 29.5 Å². The van der Waals surface area contributed by atoms with E-state index in [1.54, 1.807) is 0 Å². The second-order valence-corrected chi connectivity index (χ2v) is 5.21. The minimum atomic E-state index is -0.868. The van der Waals surface area contributed by atoms with Crippen LogP contribution in [0.25, 0.3) is 0 Å². The summed E-state index contributed by atoms with van der Waals surface area (Å²) in [6, 6.07) is 3.50. The van der Waals surface area contributed by atoms with E-state index in [4.69, 9.17) is 16.9 Å². The SMILES string of the molecule is CC(C)CN(CCC#N)C(=O)c1cc(F)c(Cl)cc1F. The van der Waals surface area contributed by atoms with Gasteiger partial charge in [0.2, 0.25) is 0 Å². The van der Waals surface area contributed by atoms with Crippen LogP contribution in [0.3, 0.4) is 0 Å². The van der Waals surface area contributed by atoms with Crippen molar-refractivity contribution in [1.82, 2.24) is 4.90 Å². The van der Waals surface area contributed by atoms with Crippen molar-refractivity contribution < 1.29 is 13.6 Å². The second kappa shape index (κ2) is 7.20. The van der Waals surface area contributed by atoms with Gasteiger partial charge in [-0.25, -0.2) is 8.78 Å². The minimum absolute atomic E-state index is 0.135. The molecular formula is C14H15ClF2N2O. The summed E-state index contributed by atoms with van der Waals surface area (Å²) in [6.07, 6.45) is 0.135. The van der Waals surface area contributed by atoms with Gasteiger partial charge in [-0.15, -0.1) is 0 Å². The van der Waals surface area contributed by atoms with E-state index in [0.717, 1.165) is 12.1 Å². The molecule has 0 aliphatic heterocycles. The number of hydrogen-bond acceptors (Lipinski definition) is 2. The summed E-state index contributed by atoms with van der Waals surface area (Å²) in [7, 11) is 0. The zero-order chi connectivity index (χ0) is 15.3. The number of carbonyl (C=O) groups is 1. The monoisotopic (exact) mass is 300 g/mol. The van der Waals surface area contributed by atoms with E-state index in [9.17, 15) is 13.6 Å². The average Bonchev–Trinajstić information content (AvgIpc) is 2.37. The van der Waals surface area contributed by atoms with Crippen LogP contribution >= 0.6 is 11.6 Å². The first-order chi connectivity index (χ1) is 9.36. The Morgan fingerprint density at radius 3 is 2.60 bits per heavy atom. The van der Waals surface area contributed by atoms with E-state index in [2.05, 4.69) is 0 Å². The highest BCUT2D eigenvalue weighted by atomic mass is 35.5. The number of benzene rings is 1. The van der Waals surface area contributed by atoms with Crippen molar-refractivity contribution in [3.05, 3.63) is 34.4 Å². The predicted molar refractivity (Wildman–Crippen MR) is 72.3 cm³/mol. The molecule has 0 N–H and O–H groups in total. The third kappa shape index (κ3) is 4.17. The van der Waals surface area contributed by atoms with E-state index < -0.39 is 17.5 Å². The van der Waals surface area contributed by atoms with Crippen LogP contribution in [0.2, 0.25) is 5.02 Å². The van der Waals surface area contributed by atoms with Crippen LogP contribution in [0.1, 0.15) is 30.6 Å². The molecule has 0 aliphatic rings. The Morgan fingerprint density at radius 1 is 1.40 bits per heavy atom. The van der Waals surface area contributed by atoms with E-state index in [1.165, 1.54) is 4.90 Å². The average molecular weight is 301 g/mol. The summed E-state index contributed by atoms with van der Waals surface area (Å²) in [6.45, 7) is 4.33. The Balaban J connectivity index is 3.05. The summed E-state index contributed by atoms with van der Waals surface area (Å²) in [5.74, 6) is -2.20. The molecule has 108 valence electrons. The van der Waals surface area contributed by atoms with Crippen molar-refractivity contribution in [2.24, 2.45) is 5.92 Å². The van der Waals surface area contributed by atoms with Crippen molar-refractivity contribution >= 4 is 17.5 Å². The summed E-state index contributed by atoms with van der Waals surface area (Å²) in [5, 5.41) is 8.23. The predicted octanol–water partition coefficient (Wildman–Crippen LogP) is 3.63. The maximum Gasteiger partial charge on any atom is 0.256 e. The Kier molecular flexibility index (Phi) is 5.90. The summed E-state index contributed by atoms with van der Waals surface area (Å²) < 4.78 is 27.1. The highest BCUT2D eigenvalue weighted by Gasteiger charge is 2.21. The number of halogens is 3. The van der Waals surface area contributed by atoms with Crippen LogP contribution in [0, 0.1) is 28.9 Å². The van der Waals surface area contributed by atoms with E-state index in [1.807, 2.05) is 19.9 Å². The molecule has 0 atom stereocenters. The Hall–Kier alpha value is -1.67. The normalized spacial score (nSPS) is 10.4. The van der Waals surface area contributed by atoms with Gasteiger partial charge in [0.05, 0.1) is 23.1 Å². The first kappa shape index (κ1) is 16.4. The number of carbonyl (C=O) groups excluding carboxylic acids is 1. The molecule has 0 unspecified atom stereocenters. The van der Waals surface area contributed by atoms with Crippen LogP contribution in [0.15, 0.2) is 12.1 Å². The molecule has 6 heteroatoms. The lowest BCUT2D eigenvalue weighted by molar-refractivity contribution is 0.0734. The molecule has 0 saturated heterocycles. The van der Waals surface area contributed by atoms with Crippen LogP contribution < -0.4 is 0 Å². The first-order valence-corrected chi connectivity index (χ1v) is 6.55. The van der Waals surface area contributed by atoms with Crippen molar-refractivity contribution in [2.75, 3.05) is 13.1 Å². The quantitative estimate of drug-likeness (QED) is 0.779. The number of amides is 1. The Morgan fingerprint density at radius 2 is 2.05 bits per heavy atom. The van der Waals surface area contributed by atoms with Gasteiger partial charge in [0.15, 0.2) is 0 Å². The van der Waals surface area contributed by atoms with Gasteiger partial charge in [0, 0.05) is 13.1 Å². The molecular weight excluding hydrogens is 286 g/mol. The zero-order valence-electron chi connectivity index (χ0n) is 11.3. The molecule has 0 aromatic heterocycles. The topological polar surface area (TPSA) is 44.1 Å². The zero-order valence-corrected chi connectivity index (χ0v) is 12.0. The van der Waals surface area contributed by atoms with Crippen molar-refractivity contribution in [3.8, 4) is 6.07 Å².